The van der Waals surface area contributed by atoms with Crippen molar-refractivity contribution < 1.29 is 23.1 Å². The van der Waals surface area contributed by atoms with E-state index in [9.17, 15) is 18.3 Å². The number of carbonyl (C=O) groups is 1. The summed E-state index contributed by atoms with van der Waals surface area (Å²) in [4.78, 5) is 18.1. The van der Waals surface area contributed by atoms with Gasteiger partial charge in [0.15, 0.2) is 0 Å². The molecule has 0 bridgehead atoms. The zero-order valence-corrected chi connectivity index (χ0v) is 19.7. The van der Waals surface area contributed by atoms with Crippen molar-refractivity contribution in [1.82, 2.24) is 10.3 Å². The lowest BCUT2D eigenvalue weighted by atomic mass is 10.2. The Morgan fingerprint density at radius 1 is 0.971 bits per heavy atom. The molecule has 3 N–H and O–H groups in total. The van der Waals surface area contributed by atoms with Crippen LogP contribution in [0.1, 0.15) is 16.1 Å². The van der Waals surface area contributed by atoms with E-state index in [1.165, 1.54) is 0 Å². The third-order valence-corrected chi connectivity index (χ3v) is 7.81. The highest BCUT2D eigenvalue weighted by Gasteiger charge is 2.20. The van der Waals surface area contributed by atoms with Crippen LogP contribution in [-0.4, -0.2) is 50.7 Å². The number of aromatic amines is 1. The number of hydrogen-bond acceptors (Lipinski definition) is 6. The Balaban J connectivity index is 1.27. The van der Waals surface area contributed by atoms with E-state index >= 15 is 0 Å². The van der Waals surface area contributed by atoms with Crippen molar-refractivity contribution in [3.63, 3.8) is 0 Å². The number of aromatic nitrogens is 1. The minimum atomic E-state index is -3.68. The molecule has 0 aliphatic carbocycles. The van der Waals surface area contributed by atoms with Crippen LogP contribution in [0.25, 0.3) is 10.9 Å². The summed E-state index contributed by atoms with van der Waals surface area (Å²) < 4.78 is 31.8. The van der Waals surface area contributed by atoms with Crippen LogP contribution in [0.3, 0.4) is 0 Å². The third kappa shape index (κ3) is 4.87. The normalized spacial score (nSPS) is 14.2. The standard InChI is InChI=1S/C26H25N3O5S/c30-21-6-9-24-19(14-21)15-25(28-24)26(31)27-17-18-4-7-22(8-5-18)35(32,33)23-3-1-2-20(16-23)29-10-12-34-13-11-29/h1-9,14-16,28,30H,10-13,17H2,(H,27,31). The Kier molecular flexibility index (Phi) is 6.19. The van der Waals surface area contributed by atoms with Gasteiger partial charge in [0.05, 0.1) is 23.0 Å². The number of nitrogens with one attached hydrogen (secondary N) is 2. The van der Waals surface area contributed by atoms with Crippen LogP contribution in [0.5, 0.6) is 5.75 Å². The highest BCUT2D eigenvalue weighted by atomic mass is 32.2. The lowest BCUT2D eigenvalue weighted by molar-refractivity contribution is 0.0946. The van der Waals surface area contributed by atoms with E-state index in [4.69, 9.17) is 4.74 Å². The summed E-state index contributed by atoms with van der Waals surface area (Å²) in [5.41, 5.74) is 2.76. The fourth-order valence-corrected chi connectivity index (χ4v) is 5.41. The molecule has 180 valence electrons. The molecule has 35 heavy (non-hydrogen) atoms. The molecular formula is C26H25N3O5S. The van der Waals surface area contributed by atoms with Crippen molar-refractivity contribution >= 4 is 32.3 Å². The number of ether oxygens (including phenoxy) is 1. The second-order valence-corrected chi connectivity index (χ2v) is 10.3. The van der Waals surface area contributed by atoms with Crippen LogP contribution < -0.4 is 10.2 Å². The Hall–Kier alpha value is -3.82. The predicted molar refractivity (Wildman–Crippen MR) is 133 cm³/mol. The first-order chi connectivity index (χ1) is 16.9. The van der Waals surface area contributed by atoms with Gasteiger partial charge >= 0.3 is 0 Å². The summed E-state index contributed by atoms with van der Waals surface area (Å²) in [7, 11) is -3.68. The molecule has 3 aromatic carbocycles. The topological polar surface area (TPSA) is 112 Å². The molecule has 2 heterocycles. The summed E-state index contributed by atoms with van der Waals surface area (Å²) in [5, 5.41) is 13.2. The zero-order chi connectivity index (χ0) is 24.4. The number of H-pyrrole nitrogens is 1. The third-order valence-electron chi connectivity index (χ3n) is 6.04. The molecule has 1 amide bonds. The van der Waals surface area contributed by atoms with Gasteiger partial charge in [-0.15, -0.1) is 0 Å². The average Bonchev–Trinajstić information content (AvgIpc) is 3.31. The van der Waals surface area contributed by atoms with Gasteiger partial charge in [0, 0.05) is 36.2 Å². The molecule has 0 spiro atoms. The van der Waals surface area contributed by atoms with Crippen molar-refractivity contribution in [1.29, 1.82) is 0 Å². The van der Waals surface area contributed by atoms with Gasteiger partial charge in [0.1, 0.15) is 11.4 Å². The van der Waals surface area contributed by atoms with E-state index in [2.05, 4.69) is 15.2 Å². The number of aromatic hydroxyl groups is 1. The number of hydrogen-bond donors (Lipinski definition) is 3. The fraction of sp³-hybridized carbons (Fsp3) is 0.192. The summed E-state index contributed by atoms with van der Waals surface area (Å²) in [6, 6.07) is 20.0. The van der Waals surface area contributed by atoms with Gasteiger partial charge in [-0.2, -0.15) is 0 Å². The smallest absolute Gasteiger partial charge is 0.267 e. The van der Waals surface area contributed by atoms with Crippen LogP contribution in [0.4, 0.5) is 5.69 Å². The number of nitrogens with zero attached hydrogens (tertiary/aromatic N) is 1. The zero-order valence-electron chi connectivity index (χ0n) is 18.9. The Labute approximate surface area is 203 Å². The number of benzene rings is 3. The van der Waals surface area contributed by atoms with Gasteiger partial charge in [-0.25, -0.2) is 8.42 Å². The van der Waals surface area contributed by atoms with Crippen LogP contribution in [-0.2, 0) is 21.1 Å². The van der Waals surface area contributed by atoms with Crippen LogP contribution >= 0.6 is 0 Å². The van der Waals surface area contributed by atoms with E-state index in [1.807, 2.05) is 6.07 Å². The second kappa shape index (κ2) is 9.44. The number of fused-ring (bicyclic) bond motifs is 1. The molecular weight excluding hydrogens is 466 g/mol. The Morgan fingerprint density at radius 2 is 1.74 bits per heavy atom. The summed E-state index contributed by atoms with van der Waals surface area (Å²) in [5.74, 6) is -0.163. The fourth-order valence-electron chi connectivity index (χ4n) is 4.11. The predicted octanol–water partition coefficient (Wildman–Crippen LogP) is 3.47. The summed E-state index contributed by atoms with van der Waals surface area (Å²) in [6.07, 6.45) is 0. The molecule has 5 rings (SSSR count). The van der Waals surface area contributed by atoms with Gasteiger partial charge < -0.3 is 25.0 Å². The van der Waals surface area contributed by atoms with Crippen LogP contribution in [0, 0.1) is 0 Å². The van der Waals surface area contributed by atoms with Crippen molar-refractivity contribution in [3.05, 3.63) is 84.1 Å². The lowest BCUT2D eigenvalue weighted by Crippen LogP contribution is -2.36. The average molecular weight is 492 g/mol. The highest BCUT2D eigenvalue weighted by molar-refractivity contribution is 7.91. The van der Waals surface area contributed by atoms with E-state index in [0.717, 1.165) is 35.2 Å². The van der Waals surface area contributed by atoms with Crippen LogP contribution in [0.2, 0.25) is 0 Å². The maximum atomic E-state index is 13.2. The molecule has 0 atom stereocenters. The first kappa shape index (κ1) is 22.9. The van der Waals surface area contributed by atoms with Gasteiger partial charge in [0.2, 0.25) is 9.84 Å². The quantitative estimate of drug-likeness (QED) is 0.381. The Morgan fingerprint density at radius 3 is 2.51 bits per heavy atom. The number of carbonyl (C=O) groups excluding carboxylic acids is 1. The van der Waals surface area contributed by atoms with Gasteiger partial charge in [-0.05, 0) is 60.2 Å². The minimum Gasteiger partial charge on any atom is -0.508 e. The molecule has 1 saturated heterocycles. The minimum absolute atomic E-state index is 0.131. The number of sulfone groups is 1. The molecule has 1 aliphatic rings. The van der Waals surface area contributed by atoms with E-state index in [-0.39, 0.29) is 28.0 Å². The monoisotopic (exact) mass is 491 g/mol. The Bertz CT molecular complexity index is 1470. The van der Waals surface area contributed by atoms with Crippen molar-refractivity contribution in [2.75, 3.05) is 31.2 Å². The summed E-state index contributed by atoms with van der Waals surface area (Å²) >= 11 is 0. The van der Waals surface area contributed by atoms with E-state index < -0.39 is 9.84 Å². The molecule has 4 aromatic rings. The number of amides is 1. The number of phenolic OH excluding ortho intramolecular Hbond substituents is 1. The first-order valence-corrected chi connectivity index (χ1v) is 12.8. The lowest BCUT2D eigenvalue weighted by Gasteiger charge is -2.29. The summed E-state index contributed by atoms with van der Waals surface area (Å²) in [6.45, 7) is 2.94. The molecule has 1 aliphatic heterocycles. The number of anilines is 1. The SMILES string of the molecule is O=C(NCc1ccc(S(=O)(=O)c2cccc(N3CCOCC3)c2)cc1)c1cc2cc(O)ccc2[nH]1. The molecule has 0 saturated carbocycles. The second-order valence-electron chi connectivity index (χ2n) is 8.38. The van der Waals surface area contributed by atoms with E-state index in [1.54, 1.807) is 66.7 Å². The number of morpholine rings is 1. The first-order valence-electron chi connectivity index (χ1n) is 11.3. The highest BCUT2D eigenvalue weighted by Crippen LogP contribution is 2.26. The van der Waals surface area contributed by atoms with Gasteiger partial charge in [-0.1, -0.05) is 18.2 Å². The molecule has 0 unspecified atom stereocenters. The maximum absolute atomic E-state index is 13.2. The van der Waals surface area contributed by atoms with E-state index in [0.29, 0.717) is 18.9 Å². The van der Waals surface area contributed by atoms with Gasteiger partial charge in [0.25, 0.3) is 5.91 Å². The molecule has 8 nitrogen and oxygen atoms in total. The largest absolute Gasteiger partial charge is 0.508 e. The van der Waals surface area contributed by atoms with Crippen molar-refractivity contribution in [2.24, 2.45) is 0 Å². The number of rotatable bonds is 6. The maximum Gasteiger partial charge on any atom is 0.267 e. The van der Waals surface area contributed by atoms with Crippen molar-refractivity contribution in [2.45, 2.75) is 16.3 Å². The van der Waals surface area contributed by atoms with Crippen molar-refractivity contribution in [3.8, 4) is 5.75 Å². The van der Waals surface area contributed by atoms with Crippen LogP contribution in [0.15, 0.2) is 82.6 Å². The van der Waals surface area contributed by atoms with Gasteiger partial charge in [-0.3, -0.25) is 4.79 Å². The molecule has 1 fully saturated rings. The molecule has 0 radical (unpaired) electrons. The molecule has 1 aromatic heterocycles. The molecule has 9 heteroatoms. The number of phenols is 1.